The van der Waals surface area contributed by atoms with E-state index >= 15 is 0 Å². The first kappa shape index (κ1) is 17.4. The highest BCUT2D eigenvalue weighted by Gasteiger charge is 2.09. The number of carboxylic acids is 1. The van der Waals surface area contributed by atoms with Gasteiger partial charge in [-0.15, -0.1) is 0 Å². The van der Waals surface area contributed by atoms with Crippen LogP contribution in [0.5, 0.6) is 0 Å². The highest BCUT2D eigenvalue weighted by molar-refractivity contribution is 5.78. The molecule has 0 atom stereocenters. The van der Waals surface area contributed by atoms with Gasteiger partial charge in [0.05, 0.1) is 0 Å². The average Bonchev–Trinajstić information content (AvgIpc) is 2.38. The molecule has 0 spiro atoms. The van der Waals surface area contributed by atoms with E-state index in [0.717, 1.165) is 19.3 Å². The fourth-order valence-electron chi connectivity index (χ4n) is 1.45. The van der Waals surface area contributed by atoms with E-state index in [9.17, 15) is 14.4 Å². The first-order valence-electron chi connectivity index (χ1n) is 6.59. The molecule has 0 saturated heterocycles. The summed E-state index contributed by atoms with van der Waals surface area (Å²) in [5, 5.41) is 8.26. The van der Waals surface area contributed by atoms with Crippen molar-refractivity contribution in [2.24, 2.45) is 0 Å². The van der Waals surface area contributed by atoms with E-state index in [-0.39, 0.29) is 6.42 Å². The van der Waals surface area contributed by atoms with Gasteiger partial charge in [0.2, 0.25) is 0 Å². The molecule has 0 unspecified atom stereocenters. The van der Waals surface area contributed by atoms with Crippen LogP contribution in [-0.4, -0.2) is 36.2 Å². The predicted molar refractivity (Wildman–Crippen MR) is 67.5 cm³/mol. The zero-order valence-electron chi connectivity index (χ0n) is 11.4. The summed E-state index contributed by atoms with van der Waals surface area (Å²) in [6, 6.07) is 0. The van der Waals surface area contributed by atoms with Crippen molar-refractivity contribution >= 4 is 17.9 Å². The van der Waals surface area contributed by atoms with Crippen LogP contribution in [0.25, 0.3) is 0 Å². The molecule has 0 aromatic heterocycles. The summed E-state index contributed by atoms with van der Waals surface area (Å²) < 4.78 is 8.97. The minimum atomic E-state index is -1.24. The van der Waals surface area contributed by atoms with Crippen LogP contribution in [0, 0.1) is 0 Å². The summed E-state index contributed by atoms with van der Waals surface area (Å²) >= 11 is 0. The number of carbonyl (C=O) groups excluding carboxylic acids is 2. The van der Waals surface area contributed by atoms with E-state index in [1.807, 2.05) is 0 Å². The summed E-state index contributed by atoms with van der Waals surface area (Å²) in [4.78, 5) is 32.3. The van der Waals surface area contributed by atoms with Crippen LogP contribution in [0.3, 0.4) is 0 Å². The maximum absolute atomic E-state index is 11.2. The van der Waals surface area contributed by atoms with Crippen molar-refractivity contribution in [3.8, 4) is 0 Å². The predicted octanol–water partition coefficient (Wildman–Crippen LogP) is 1.91. The molecular formula is C13H22O6. The summed E-state index contributed by atoms with van der Waals surface area (Å²) in [5.74, 6) is -2.55. The van der Waals surface area contributed by atoms with Gasteiger partial charge in [-0.2, -0.15) is 0 Å². The van der Waals surface area contributed by atoms with Crippen molar-refractivity contribution in [3.05, 3.63) is 0 Å². The minimum Gasteiger partial charge on any atom is -0.479 e. The lowest BCUT2D eigenvalue weighted by Gasteiger charge is -2.04. The smallest absolute Gasteiger partial charge is 0.344 e. The van der Waals surface area contributed by atoms with Crippen LogP contribution in [-0.2, 0) is 23.9 Å². The lowest BCUT2D eigenvalue weighted by atomic mass is 10.1. The molecule has 110 valence electrons. The number of unbranched alkanes of at least 4 members (excludes halogenated alkanes) is 5. The van der Waals surface area contributed by atoms with Gasteiger partial charge in [-0.25, -0.2) is 9.59 Å². The number of hydrogen-bond donors (Lipinski definition) is 1. The molecule has 1 N–H and O–H groups in total. The Balaban J connectivity index is 3.43. The summed E-state index contributed by atoms with van der Waals surface area (Å²) in [6.07, 6.45) is 6.65. The zero-order chi connectivity index (χ0) is 14.5. The Morgan fingerprint density at radius 3 is 2.05 bits per heavy atom. The number of carboxylic acid groups (broad SMARTS) is 1. The minimum absolute atomic E-state index is 0.276. The molecule has 0 rings (SSSR count). The number of ether oxygens (including phenoxy) is 2. The lowest BCUT2D eigenvalue weighted by Crippen LogP contribution is -2.19. The Kier molecular flexibility index (Phi) is 10.5. The summed E-state index contributed by atoms with van der Waals surface area (Å²) in [6.45, 7) is 0.899. The van der Waals surface area contributed by atoms with Crippen molar-refractivity contribution in [3.63, 3.8) is 0 Å². The van der Waals surface area contributed by atoms with E-state index in [2.05, 4.69) is 16.4 Å². The van der Waals surface area contributed by atoms with Crippen molar-refractivity contribution in [2.45, 2.75) is 51.9 Å². The van der Waals surface area contributed by atoms with Gasteiger partial charge in [0.1, 0.15) is 0 Å². The largest absolute Gasteiger partial charge is 0.479 e. The first-order valence-corrected chi connectivity index (χ1v) is 6.59. The highest BCUT2D eigenvalue weighted by atomic mass is 16.6. The van der Waals surface area contributed by atoms with E-state index in [4.69, 9.17) is 5.11 Å². The lowest BCUT2D eigenvalue weighted by molar-refractivity contribution is -0.163. The van der Waals surface area contributed by atoms with Crippen molar-refractivity contribution in [1.29, 1.82) is 0 Å². The molecule has 0 amide bonds. The van der Waals surface area contributed by atoms with Crippen LogP contribution in [0.1, 0.15) is 51.9 Å². The van der Waals surface area contributed by atoms with Gasteiger partial charge in [0.15, 0.2) is 13.2 Å². The maximum atomic E-state index is 11.2. The van der Waals surface area contributed by atoms with Gasteiger partial charge in [-0.3, -0.25) is 4.79 Å². The fourth-order valence-corrected chi connectivity index (χ4v) is 1.45. The zero-order valence-corrected chi connectivity index (χ0v) is 11.4. The second-order valence-electron chi connectivity index (χ2n) is 4.23. The standard InChI is InChI=1S/C13H22O6/c1-2-3-4-5-6-7-8-12(16)19-10-13(17)18-9-11(14)15/h2-10H2,1H3,(H,14,15). The third-order valence-corrected chi connectivity index (χ3v) is 2.44. The maximum Gasteiger partial charge on any atom is 0.344 e. The van der Waals surface area contributed by atoms with Crippen molar-refractivity contribution in [2.75, 3.05) is 13.2 Å². The van der Waals surface area contributed by atoms with Gasteiger partial charge >= 0.3 is 17.9 Å². The first-order chi connectivity index (χ1) is 9.06. The molecule has 0 aromatic carbocycles. The third kappa shape index (κ3) is 12.7. The van der Waals surface area contributed by atoms with Gasteiger partial charge in [0, 0.05) is 6.42 Å². The summed E-state index contributed by atoms with van der Waals surface area (Å²) in [7, 11) is 0. The molecule has 19 heavy (non-hydrogen) atoms. The molecule has 0 fully saturated rings. The topological polar surface area (TPSA) is 89.9 Å². The Hall–Kier alpha value is -1.59. The molecule has 0 saturated carbocycles. The second kappa shape index (κ2) is 11.5. The quantitative estimate of drug-likeness (QED) is 0.457. The highest BCUT2D eigenvalue weighted by Crippen LogP contribution is 2.07. The Labute approximate surface area is 113 Å². The van der Waals surface area contributed by atoms with Gasteiger partial charge in [0.25, 0.3) is 0 Å². The number of hydrogen-bond acceptors (Lipinski definition) is 5. The Bertz CT molecular complexity index is 287. The molecule has 0 aliphatic rings. The normalized spacial score (nSPS) is 9.95. The monoisotopic (exact) mass is 274 g/mol. The fraction of sp³-hybridized carbons (Fsp3) is 0.769. The van der Waals surface area contributed by atoms with Crippen LogP contribution in [0.15, 0.2) is 0 Å². The Morgan fingerprint density at radius 2 is 1.42 bits per heavy atom. The van der Waals surface area contributed by atoms with Gasteiger partial charge in [-0.1, -0.05) is 39.0 Å². The molecule has 0 radical (unpaired) electrons. The Morgan fingerprint density at radius 1 is 0.842 bits per heavy atom. The SMILES string of the molecule is CCCCCCCCC(=O)OCC(=O)OCC(=O)O. The van der Waals surface area contributed by atoms with E-state index in [0.29, 0.717) is 0 Å². The molecule has 0 aromatic rings. The van der Waals surface area contributed by atoms with Crippen LogP contribution >= 0.6 is 0 Å². The van der Waals surface area contributed by atoms with Crippen LogP contribution < -0.4 is 0 Å². The molecule has 0 aliphatic heterocycles. The number of aliphatic carboxylic acids is 1. The van der Waals surface area contributed by atoms with Gasteiger partial charge < -0.3 is 14.6 Å². The molecule has 0 bridgehead atoms. The van der Waals surface area contributed by atoms with Gasteiger partial charge in [-0.05, 0) is 6.42 Å². The molecule has 6 heteroatoms. The number of rotatable bonds is 11. The third-order valence-electron chi connectivity index (χ3n) is 2.44. The van der Waals surface area contributed by atoms with E-state index in [1.165, 1.54) is 19.3 Å². The molecular weight excluding hydrogens is 252 g/mol. The van der Waals surface area contributed by atoms with Crippen LogP contribution in [0.4, 0.5) is 0 Å². The second-order valence-corrected chi connectivity index (χ2v) is 4.23. The molecule has 0 aliphatic carbocycles. The molecule has 0 heterocycles. The van der Waals surface area contributed by atoms with Crippen LogP contribution in [0.2, 0.25) is 0 Å². The van der Waals surface area contributed by atoms with Crippen molar-refractivity contribution < 1.29 is 29.0 Å². The van der Waals surface area contributed by atoms with E-state index < -0.39 is 31.1 Å². The number of carbonyl (C=O) groups is 3. The van der Waals surface area contributed by atoms with E-state index in [1.54, 1.807) is 0 Å². The summed E-state index contributed by atoms with van der Waals surface area (Å²) in [5.41, 5.74) is 0. The number of esters is 2. The average molecular weight is 274 g/mol. The van der Waals surface area contributed by atoms with Crippen molar-refractivity contribution in [1.82, 2.24) is 0 Å². The molecule has 6 nitrogen and oxygen atoms in total.